The van der Waals surface area contributed by atoms with Crippen LogP contribution in [-0.4, -0.2) is 33.7 Å². The average Bonchev–Trinajstić information content (AvgIpc) is 2.97. The first kappa shape index (κ1) is 14.8. The second-order valence-corrected chi connectivity index (χ2v) is 5.01. The van der Waals surface area contributed by atoms with Crippen LogP contribution in [-0.2, 0) is 6.54 Å². The smallest absolute Gasteiger partial charge is 0.311 e. The highest BCUT2D eigenvalue weighted by atomic mass is 16.6. The predicted molar refractivity (Wildman–Crippen MR) is 84.7 cm³/mol. The topological polar surface area (TPSA) is 85.8 Å². The number of nitrogens with zero attached hydrogens (tertiary/aromatic N) is 5. The molecule has 0 aliphatic carbocycles. The number of benzene rings is 1. The van der Waals surface area contributed by atoms with Crippen molar-refractivity contribution in [3.63, 3.8) is 0 Å². The van der Waals surface area contributed by atoms with Gasteiger partial charge in [-0.3, -0.25) is 14.5 Å². The summed E-state index contributed by atoms with van der Waals surface area (Å²) in [5.41, 5.74) is 1.51. The number of methoxy groups -OCH3 is 1. The lowest BCUT2D eigenvalue weighted by Crippen LogP contribution is -2.18. The third-order valence-electron chi connectivity index (χ3n) is 3.56. The first-order valence-electron chi connectivity index (χ1n) is 6.92. The van der Waals surface area contributed by atoms with Crippen LogP contribution in [0.2, 0.25) is 0 Å². The van der Waals surface area contributed by atoms with Crippen molar-refractivity contribution in [2.45, 2.75) is 6.54 Å². The number of rotatable bonds is 5. The van der Waals surface area contributed by atoms with Gasteiger partial charge >= 0.3 is 5.69 Å². The van der Waals surface area contributed by atoms with Gasteiger partial charge in [-0.25, -0.2) is 0 Å². The van der Waals surface area contributed by atoms with E-state index in [4.69, 9.17) is 4.74 Å². The summed E-state index contributed by atoms with van der Waals surface area (Å²) in [6.45, 7) is 0.506. The van der Waals surface area contributed by atoms with Gasteiger partial charge in [-0.05, 0) is 18.2 Å². The SMILES string of the molecule is COc1cc(N(C)Cc2nnc3ccccn23)ccc1[N+](=O)[O-]. The van der Waals surface area contributed by atoms with Crippen LogP contribution in [0.1, 0.15) is 5.82 Å². The largest absolute Gasteiger partial charge is 0.490 e. The van der Waals surface area contributed by atoms with E-state index in [9.17, 15) is 10.1 Å². The van der Waals surface area contributed by atoms with Gasteiger partial charge in [0, 0.05) is 31.1 Å². The van der Waals surface area contributed by atoms with Crippen LogP contribution >= 0.6 is 0 Å². The fourth-order valence-electron chi connectivity index (χ4n) is 2.36. The molecular formula is C15H15N5O3. The Hall–Kier alpha value is -3.16. The number of nitro groups is 1. The summed E-state index contributed by atoms with van der Waals surface area (Å²) >= 11 is 0. The lowest BCUT2D eigenvalue weighted by Gasteiger charge is -2.18. The fourth-order valence-corrected chi connectivity index (χ4v) is 2.36. The summed E-state index contributed by atoms with van der Waals surface area (Å²) in [5.74, 6) is 1.01. The van der Waals surface area contributed by atoms with Crippen molar-refractivity contribution in [3.05, 3.63) is 58.5 Å². The number of nitro benzene ring substituents is 1. The molecule has 0 atom stereocenters. The third-order valence-corrected chi connectivity index (χ3v) is 3.56. The Morgan fingerprint density at radius 1 is 1.30 bits per heavy atom. The predicted octanol–water partition coefficient (Wildman–Crippen LogP) is 2.28. The molecule has 1 aromatic carbocycles. The second kappa shape index (κ2) is 5.91. The number of aromatic nitrogens is 3. The molecule has 0 spiro atoms. The number of fused-ring (bicyclic) bond motifs is 1. The van der Waals surface area contributed by atoms with Crippen LogP contribution in [0.3, 0.4) is 0 Å². The minimum Gasteiger partial charge on any atom is -0.490 e. The van der Waals surface area contributed by atoms with Gasteiger partial charge in [-0.1, -0.05) is 6.07 Å². The Morgan fingerprint density at radius 2 is 2.13 bits per heavy atom. The summed E-state index contributed by atoms with van der Waals surface area (Å²) in [6.07, 6.45) is 1.90. The zero-order valence-corrected chi connectivity index (χ0v) is 12.7. The lowest BCUT2D eigenvalue weighted by atomic mass is 10.2. The Bertz CT molecular complexity index is 861. The van der Waals surface area contributed by atoms with E-state index < -0.39 is 4.92 Å². The molecule has 0 fully saturated rings. The first-order chi connectivity index (χ1) is 11.1. The Balaban J connectivity index is 1.88. The fraction of sp³-hybridized carbons (Fsp3) is 0.200. The number of hydrogen-bond acceptors (Lipinski definition) is 6. The van der Waals surface area contributed by atoms with Crippen molar-refractivity contribution >= 4 is 17.0 Å². The molecule has 0 radical (unpaired) electrons. The molecule has 8 heteroatoms. The molecule has 0 bridgehead atoms. The molecule has 0 aliphatic rings. The molecule has 0 N–H and O–H groups in total. The third kappa shape index (κ3) is 2.78. The summed E-state index contributed by atoms with van der Waals surface area (Å²) in [7, 11) is 3.29. The van der Waals surface area contributed by atoms with Crippen LogP contribution < -0.4 is 9.64 Å². The molecular weight excluding hydrogens is 298 g/mol. The minimum atomic E-state index is -0.464. The highest BCUT2D eigenvalue weighted by Crippen LogP contribution is 2.31. The molecule has 0 amide bonds. The quantitative estimate of drug-likeness (QED) is 0.530. The number of anilines is 1. The van der Waals surface area contributed by atoms with Crippen LogP contribution in [0.15, 0.2) is 42.6 Å². The van der Waals surface area contributed by atoms with Crippen molar-refractivity contribution in [1.29, 1.82) is 0 Å². The highest BCUT2D eigenvalue weighted by Gasteiger charge is 2.17. The van der Waals surface area contributed by atoms with E-state index in [1.54, 1.807) is 12.1 Å². The number of hydrogen-bond donors (Lipinski definition) is 0. The zero-order valence-electron chi connectivity index (χ0n) is 12.7. The van der Waals surface area contributed by atoms with Gasteiger partial charge in [0.1, 0.15) is 0 Å². The van der Waals surface area contributed by atoms with E-state index in [2.05, 4.69) is 10.2 Å². The van der Waals surface area contributed by atoms with Crippen LogP contribution in [0.4, 0.5) is 11.4 Å². The molecule has 3 aromatic rings. The molecule has 8 nitrogen and oxygen atoms in total. The van der Waals surface area contributed by atoms with Gasteiger partial charge in [-0.2, -0.15) is 0 Å². The maximum absolute atomic E-state index is 11.0. The Morgan fingerprint density at radius 3 is 2.87 bits per heavy atom. The van der Waals surface area contributed by atoms with Gasteiger partial charge in [-0.15, -0.1) is 10.2 Å². The molecule has 3 rings (SSSR count). The molecule has 0 saturated heterocycles. The van der Waals surface area contributed by atoms with Crippen LogP contribution in [0.5, 0.6) is 5.75 Å². The van der Waals surface area contributed by atoms with Crippen molar-refractivity contribution < 1.29 is 9.66 Å². The lowest BCUT2D eigenvalue weighted by molar-refractivity contribution is -0.385. The van der Waals surface area contributed by atoms with Crippen molar-refractivity contribution in [1.82, 2.24) is 14.6 Å². The van der Waals surface area contributed by atoms with Crippen molar-refractivity contribution in [3.8, 4) is 5.75 Å². The van der Waals surface area contributed by atoms with E-state index in [1.165, 1.54) is 13.2 Å². The number of pyridine rings is 1. The maximum Gasteiger partial charge on any atom is 0.311 e. The van der Waals surface area contributed by atoms with Gasteiger partial charge in [0.2, 0.25) is 0 Å². The Kier molecular flexibility index (Phi) is 3.80. The van der Waals surface area contributed by atoms with Crippen molar-refractivity contribution in [2.75, 3.05) is 19.1 Å². The van der Waals surface area contributed by atoms with E-state index in [-0.39, 0.29) is 11.4 Å². The van der Waals surface area contributed by atoms with Gasteiger partial charge < -0.3 is 9.64 Å². The van der Waals surface area contributed by atoms with E-state index in [0.29, 0.717) is 6.54 Å². The van der Waals surface area contributed by atoms with Crippen LogP contribution in [0.25, 0.3) is 5.65 Å². The van der Waals surface area contributed by atoms with Crippen molar-refractivity contribution in [2.24, 2.45) is 0 Å². The van der Waals surface area contributed by atoms with E-state index in [0.717, 1.165) is 17.2 Å². The zero-order chi connectivity index (χ0) is 16.4. The van der Waals surface area contributed by atoms with Gasteiger partial charge in [0.25, 0.3) is 0 Å². The standard InChI is InChI=1S/C15H15N5O3/c1-18(10-15-17-16-14-5-3-4-8-19(14)15)11-6-7-12(20(21)22)13(9-11)23-2/h3-9H,10H2,1-2H3. The molecule has 2 heterocycles. The maximum atomic E-state index is 11.0. The molecule has 23 heavy (non-hydrogen) atoms. The summed E-state index contributed by atoms with van der Waals surface area (Å²) in [5, 5.41) is 19.2. The summed E-state index contributed by atoms with van der Waals surface area (Å²) < 4.78 is 7.00. The molecule has 0 saturated carbocycles. The average molecular weight is 313 g/mol. The molecule has 2 aromatic heterocycles. The molecule has 0 unspecified atom stereocenters. The number of ether oxygens (including phenoxy) is 1. The summed E-state index contributed by atoms with van der Waals surface area (Å²) in [6, 6.07) is 10.5. The summed E-state index contributed by atoms with van der Waals surface area (Å²) in [4.78, 5) is 12.4. The van der Waals surface area contributed by atoms with E-state index >= 15 is 0 Å². The Labute approximate surface area is 132 Å². The van der Waals surface area contributed by atoms with Gasteiger partial charge in [0.15, 0.2) is 17.2 Å². The monoisotopic (exact) mass is 313 g/mol. The molecule has 0 aliphatic heterocycles. The van der Waals surface area contributed by atoms with Crippen LogP contribution in [0, 0.1) is 10.1 Å². The van der Waals surface area contributed by atoms with E-state index in [1.807, 2.05) is 40.7 Å². The second-order valence-electron chi connectivity index (χ2n) is 5.01. The molecule has 118 valence electrons. The van der Waals surface area contributed by atoms with Gasteiger partial charge in [0.05, 0.1) is 18.6 Å². The highest BCUT2D eigenvalue weighted by molar-refractivity contribution is 5.59. The minimum absolute atomic E-state index is 0.0578. The first-order valence-corrected chi connectivity index (χ1v) is 6.92. The normalized spacial score (nSPS) is 10.7.